The number of esters is 1. The van der Waals surface area contributed by atoms with Gasteiger partial charge in [0.25, 0.3) is 0 Å². The summed E-state index contributed by atoms with van der Waals surface area (Å²) in [6.07, 6.45) is -1.88. The third-order valence-electron chi connectivity index (χ3n) is 4.45. The molecule has 0 fully saturated rings. The van der Waals surface area contributed by atoms with Crippen LogP contribution in [-0.2, 0) is 23.8 Å². The minimum atomic E-state index is -4.78. The number of alkyl halides is 3. The molecule has 0 aromatic heterocycles. The summed E-state index contributed by atoms with van der Waals surface area (Å²) in [4.78, 5) is 33.8. The van der Waals surface area contributed by atoms with Crippen LogP contribution < -0.4 is 4.84 Å². The van der Waals surface area contributed by atoms with Gasteiger partial charge in [0.05, 0.1) is 12.8 Å². The van der Waals surface area contributed by atoms with Crippen molar-refractivity contribution < 1.29 is 46.6 Å². The van der Waals surface area contributed by atoms with E-state index in [1.54, 1.807) is 38.1 Å². The van der Waals surface area contributed by atoms with Crippen LogP contribution >= 0.6 is 0 Å². The van der Waals surface area contributed by atoms with Crippen LogP contribution in [0.25, 0.3) is 0 Å². The predicted octanol–water partition coefficient (Wildman–Crippen LogP) is 4.76. The lowest BCUT2D eigenvalue weighted by Gasteiger charge is -2.21. The van der Waals surface area contributed by atoms with E-state index in [1.165, 1.54) is 13.0 Å². The van der Waals surface area contributed by atoms with Gasteiger partial charge in [0.1, 0.15) is 12.4 Å². The van der Waals surface area contributed by atoms with E-state index in [0.717, 1.165) is 12.2 Å². The predicted molar refractivity (Wildman–Crippen MR) is 113 cm³/mol. The molecule has 34 heavy (non-hydrogen) atoms. The molecule has 1 aliphatic carbocycles. The van der Waals surface area contributed by atoms with Crippen molar-refractivity contribution >= 4 is 17.8 Å². The zero-order valence-corrected chi connectivity index (χ0v) is 19.1. The lowest BCUT2D eigenvalue weighted by molar-refractivity contribution is -0.307. The quantitative estimate of drug-likeness (QED) is 0.215. The number of ether oxygens (including phenoxy) is 3. The van der Waals surface area contributed by atoms with Crippen molar-refractivity contribution in [1.29, 1.82) is 0 Å². The van der Waals surface area contributed by atoms with Crippen molar-refractivity contribution in [3.05, 3.63) is 52.8 Å². The number of hydrogen-bond donors (Lipinski definition) is 0. The van der Waals surface area contributed by atoms with Gasteiger partial charge in [0, 0.05) is 24.5 Å². The van der Waals surface area contributed by atoms with Crippen molar-refractivity contribution in [2.24, 2.45) is 5.16 Å². The lowest BCUT2D eigenvalue weighted by Crippen LogP contribution is -2.37. The molecule has 0 N–H and O–H groups in total. The average molecular weight is 486 g/mol. The zero-order chi connectivity index (χ0) is 25.3. The number of nitrogens with zero attached hydrogens (tertiary/aromatic N) is 2. The summed E-state index contributed by atoms with van der Waals surface area (Å²) in [6.45, 7) is 3.83. The highest BCUT2D eigenvalue weighted by Gasteiger charge is 2.33. The number of rotatable bonds is 9. The number of methoxy groups -OCH3 is 1. The molecule has 0 atom stereocenters. The highest BCUT2D eigenvalue weighted by atomic mass is 19.4. The van der Waals surface area contributed by atoms with E-state index in [-0.39, 0.29) is 30.1 Å². The first-order valence-corrected chi connectivity index (χ1v) is 10.1. The fourth-order valence-electron chi connectivity index (χ4n) is 2.74. The number of amides is 1. The Kier molecular flexibility index (Phi) is 9.34. The Hall–Kier alpha value is -3.70. The molecular weight excluding hydrogens is 461 g/mol. The second kappa shape index (κ2) is 12.0. The average Bonchev–Trinajstić information content (AvgIpc) is 2.77. The highest BCUT2D eigenvalue weighted by molar-refractivity contribution is 5.98. The molecule has 0 aliphatic heterocycles. The van der Waals surface area contributed by atoms with Crippen LogP contribution in [0.3, 0.4) is 0 Å². The Bertz CT molecular complexity index is 987. The van der Waals surface area contributed by atoms with Crippen LogP contribution in [0.2, 0.25) is 0 Å². The number of aryl methyl sites for hydroxylation is 1. The van der Waals surface area contributed by atoms with Crippen LogP contribution in [0.1, 0.15) is 37.8 Å². The van der Waals surface area contributed by atoms with Crippen LogP contribution in [-0.4, -0.2) is 49.6 Å². The standard InChI is InChI=1S/C22H25F3N2O7/c1-14-9-10-17(11-20(14)34-27(21(29)30-4)13-31-16(3)28)15(2)26-32-12-18-7-5-6-8-19(18)33-22(23,24)25/h5,7,9-11H,6,8,12-13H2,1-4H3/b26-15+. The first-order valence-electron chi connectivity index (χ1n) is 10.1. The van der Waals surface area contributed by atoms with Crippen molar-refractivity contribution in [3.8, 4) is 5.75 Å². The molecular formula is C22H25F3N2O7. The maximum absolute atomic E-state index is 12.6. The van der Waals surface area contributed by atoms with Crippen LogP contribution in [0.5, 0.6) is 5.75 Å². The maximum atomic E-state index is 12.6. The number of carbonyl (C=O) groups excluding carboxylic acids is 2. The Balaban J connectivity index is 2.13. The van der Waals surface area contributed by atoms with Gasteiger partial charge in [-0.15, -0.1) is 18.2 Å². The van der Waals surface area contributed by atoms with Crippen molar-refractivity contribution in [3.63, 3.8) is 0 Å². The molecule has 1 aliphatic rings. The molecule has 186 valence electrons. The Morgan fingerprint density at radius 1 is 1.21 bits per heavy atom. The number of allylic oxidation sites excluding steroid dienone is 2. The summed E-state index contributed by atoms with van der Waals surface area (Å²) in [6, 6.07) is 4.99. The van der Waals surface area contributed by atoms with E-state index in [0.29, 0.717) is 23.3 Å². The minimum Gasteiger partial charge on any atom is -0.451 e. The number of benzene rings is 1. The largest absolute Gasteiger partial charge is 0.572 e. The fourth-order valence-corrected chi connectivity index (χ4v) is 2.74. The lowest BCUT2D eigenvalue weighted by atomic mass is 10.1. The van der Waals surface area contributed by atoms with Crippen LogP contribution in [0, 0.1) is 6.92 Å². The van der Waals surface area contributed by atoms with Gasteiger partial charge in [-0.2, -0.15) is 0 Å². The van der Waals surface area contributed by atoms with E-state index >= 15 is 0 Å². The summed E-state index contributed by atoms with van der Waals surface area (Å²) in [5, 5.41) is 4.68. The maximum Gasteiger partial charge on any atom is 0.572 e. The first kappa shape index (κ1) is 26.6. The van der Waals surface area contributed by atoms with Gasteiger partial charge >= 0.3 is 18.4 Å². The molecule has 0 heterocycles. The second-order valence-electron chi connectivity index (χ2n) is 7.07. The molecule has 12 heteroatoms. The van der Waals surface area contributed by atoms with E-state index in [1.807, 2.05) is 0 Å². The Labute approximate surface area is 194 Å². The van der Waals surface area contributed by atoms with Gasteiger partial charge in [-0.1, -0.05) is 29.4 Å². The minimum absolute atomic E-state index is 0.111. The molecule has 0 radical (unpaired) electrons. The van der Waals surface area contributed by atoms with E-state index < -0.39 is 25.2 Å². The number of oxime groups is 1. The van der Waals surface area contributed by atoms with E-state index in [9.17, 15) is 22.8 Å². The molecule has 0 saturated carbocycles. The Morgan fingerprint density at radius 2 is 1.94 bits per heavy atom. The van der Waals surface area contributed by atoms with Gasteiger partial charge < -0.3 is 23.9 Å². The Morgan fingerprint density at radius 3 is 2.59 bits per heavy atom. The van der Waals surface area contributed by atoms with Crippen molar-refractivity contribution in [2.45, 2.75) is 40.0 Å². The van der Waals surface area contributed by atoms with Gasteiger partial charge in [-0.25, -0.2) is 4.79 Å². The third kappa shape index (κ3) is 8.34. The molecule has 0 bridgehead atoms. The van der Waals surface area contributed by atoms with Gasteiger partial charge in [0.2, 0.25) is 6.73 Å². The molecule has 2 rings (SSSR count). The molecule has 0 saturated heterocycles. The number of carbonyl (C=O) groups is 2. The molecule has 1 aromatic rings. The zero-order valence-electron chi connectivity index (χ0n) is 19.1. The molecule has 1 aromatic carbocycles. The van der Waals surface area contributed by atoms with Gasteiger partial charge in [0.15, 0.2) is 5.75 Å². The number of halogens is 3. The number of hydroxylamine groups is 2. The highest BCUT2D eigenvalue weighted by Crippen LogP contribution is 2.28. The summed E-state index contributed by atoms with van der Waals surface area (Å²) in [5.41, 5.74) is 1.85. The smallest absolute Gasteiger partial charge is 0.451 e. The van der Waals surface area contributed by atoms with Crippen LogP contribution in [0.15, 0.2) is 46.8 Å². The number of hydrogen-bond acceptors (Lipinski definition) is 8. The second-order valence-corrected chi connectivity index (χ2v) is 7.07. The van der Waals surface area contributed by atoms with Crippen molar-refractivity contribution in [2.75, 3.05) is 20.4 Å². The van der Waals surface area contributed by atoms with E-state index in [4.69, 9.17) is 14.4 Å². The summed E-state index contributed by atoms with van der Waals surface area (Å²) < 4.78 is 51.3. The van der Waals surface area contributed by atoms with E-state index in [2.05, 4.69) is 14.6 Å². The monoisotopic (exact) mass is 486 g/mol. The van der Waals surface area contributed by atoms with Crippen molar-refractivity contribution in [1.82, 2.24) is 5.06 Å². The summed E-state index contributed by atoms with van der Waals surface area (Å²) in [5.74, 6) is -0.567. The third-order valence-corrected chi connectivity index (χ3v) is 4.45. The van der Waals surface area contributed by atoms with Crippen LogP contribution in [0.4, 0.5) is 18.0 Å². The van der Waals surface area contributed by atoms with Gasteiger partial charge in [-0.05, 0) is 31.9 Å². The SMILES string of the molecule is COC(=O)N(COC(C)=O)Oc1cc(/C(C)=N/OCC2=C(OC(F)(F)F)CCC=C2)ccc1C. The topological polar surface area (TPSA) is 95.9 Å². The first-order chi connectivity index (χ1) is 16.0. The fraction of sp³-hybridized carbons (Fsp3) is 0.409. The molecule has 1 amide bonds. The van der Waals surface area contributed by atoms with Gasteiger partial charge in [-0.3, -0.25) is 4.79 Å². The summed E-state index contributed by atoms with van der Waals surface area (Å²) in [7, 11) is 1.14. The molecule has 0 spiro atoms. The normalized spacial score (nSPS) is 13.9. The molecule has 0 unspecified atom stereocenters. The molecule has 9 nitrogen and oxygen atoms in total. The summed E-state index contributed by atoms with van der Waals surface area (Å²) >= 11 is 0.